The van der Waals surface area contributed by atoms with Crippen LogP contribution in [0.25, 0.3) is 0 Å². The molecule has 3 rings (SSSR count). The normalized spacial score (nSPS) is 15.3. The van der Waals surface area contributed by atoms with Crippen LogP contribution in [0, 0.1) is 0 Å². The average molecular weight is 398 g/mol. The van der Waals surface area contributed by atoms with E-state index in [4.69, 9.17) is 15.2 Å². The predicted octanol–water partition coefficient (Wildman–Crippen LogP) is 2.90. The summed E-state index contributed by atoms with van der Waals surface area (Å²) in [5, 5.41) is 8.98. The van der Waals surface area contributed by atoms with Gasteiger partial charge in [-0.1, -0.05) is 31.2 Å². The van der Waals surface area contributed by atoms with Gasteiger partial charge < -0.3 is 20.5 Å². The van der Waals surface area contributed by atoms with Crippen LogP contribution in [0.2, 0.25) is 0 Å². The molecule has 4 N–H and O–H groups in total. The first-order valence-corrected chi connectivity index (χ1v) is 9.72. The zero-order valence-electron chi connectivity index (χ0n) is 16.2. The van der Waals surface area contributed by atoms with Gasteiger partial charge in [0.05, 0.1) is 6.20 Å². The number of anilines is 1. The van der Waals surface area contributed by atoms with E-state index in [-0.39, 0.29) is 17.5 Å². The first kappa shape index (κ1) is 20.4. The molecule has 1 unspecified atom stereocenters. The van der Waals surface area contributed by atoms with Gasteiger partial charge in [-0.15, -0.1) is 0 Å². The quantitative estimate of drug-likeness (QED) is 0.465. The number of nitrogens with one attached hydrogen (secondary N) is 2. The van der Waals surface area contributed by atoms with E-state index in [0.29, 0.717) is 17.9 Å². The zero-order valence-corrected chi connectivity index (χ0v) is 16.2. The molecule has 8 nitrogen and oxygen atoms in total. The maximum atomic E-state index is 13.0. The Bertz CT molecular complexity index is 858. The number of benzene rings is 1. The van der Waals surface area contributed by atoms with Gasteiger partial charge in [0.1, 0.15) is 29.8 Å². The largest absolute Gasteiger partial charge is 0.490 e. The molecular weight excluding hydrogens is 372 g/mol. The Labute approximate surface area is 169 Å². The van der Waals surface area contributed by atoms with Gasteiger partial charge in [0.2, 0.25) is 0 Å². The number of nitrogens with zero attached hydrogens (tertiary/aromatic N) is 1. The molecule has 1 aromatic heterocycles. The highest BCUT2D eigenvalue weighted by Crippen LogP contribution is 2.25. The van der Waals surface area contributed by atoms with Crippen LogP contribution in [0.4, 0.5) is 5.82 Å². The lowest BCUT2D eigenvalue weighted by Crippen LogP contribution is -2.37. The van der Waals surface area contributed by atoms with Crippen molar-refractivity contribution in [1.29, 1.82) is 0 Å². The smallest absolute Gasteiger partial charge is 0.333 e. The number of esters is 1. The highest BCUT2D eigenvalue weighted by Gasteiger charge is 2.29. The van der Waals surface area contributed by atoms with Crippen molar-refractivity contribution in [2.24, 2.45) is 0 Å². The minimum atomic E-state index is -0.994. The fourth-order valence-corrected chi connectivity index (χ4v) is 3.32. The first-order valence-electron chi connectivity index (χ1n) is 9.72. The lowest BCUT2D eigenvalue weighted by atomic mass is 9.97. The molecule has 1 amide bonds. The Kier molecular flexibility index (Phi) is 6.89. The summed E-state index contributed by atoms with van der Waals surface area (Å²) in [4.78, 5) is 25.6. The van der Waals surface area contributed by atoms with Crippen LogP contribution in [0.15, 0.2) is 43.1 Å². The van der Waals surface area contributed by atoms with E-state index < -0.39 is 17.9 Å². The lowest BCUT2D eigenvalue weighted by molar-refractivity contribution is -0.153. The molecule has 1 aliphatic carbocycles. The number of amides is 1. The van der Waals surface area contributed by atoms with E-state index in [1.807, 2.05) is 0 Å². The second kappa shape index (κ2) is 9.77. The molecule has 8 heteroatoms. The van der Waals surface area contributed by atoms with Crippen molar-refractivity contribution in [1.82, 2.24) is 15.5 Å². The van der Waals surface area contributed by atoms with Gasteiger partial charge in [-0.05, 0) is 43.4 Å². The molecule has 0 bridgehead atoms. The van der Waals surface area contributed by atoms with Crippen LogP contribution in [-0.4, -0.2) is 34.8 Å². The van der Waals surface area contributed by atoms with Gasteiger partial charge in [0.15, 0.2) is 6.04 Å². The standard InChI is InChI=1S/C21H26N4O4/c1-2-11-28-16-10-6-7-14(12-16)18(21(27)29-15-8-4-3-5-9-15)24-20(26)17-13-23-25-19(17)22/h2,6-7,10,12-13,15,18H,1,3-5,8-9,11H2,(H,24,26)(H3,22,23,25). The van der Waals surface area contributed by atoms with E-state index in [2.05, 4.69) is 22.1 Å². The van der Waals surface area contributed by atoms with E-state index in [1.165, 1.54) is 6.20 Å². The molecule has 0 aliphatic heterocycles. The van der Waals surface area contributed by atoms with Gasteiger partial charge >= 0.3 is 5.97 Å². The number of ether oxygens (including phenoxy) is 2. The summed E-state index contributed by atoms with van der Waals surface area (Å²) < 4.78 is 11.3. The van der Waals surface area contributed by atoms with Crippen molar-refractivity contribution < 1.29 is 19.1 Å². The van der Waals surface area contributed by atoms with E-state index in [9.17, 15) is 9.59 Å². The number of nitrogen functional groups attached to an aromatic ring is 1. The molecule has 2 aromatic rings. The molecule has 1 saturated carbocycles. The third-order valence-electron chi connectivity index (χ3n) is 4.82. The van der Waals surface area contributed by atoms with Crippen LogP contribution in [0.3, 0.4) is 0 Å². The molecule has 0 saturated heterocycles. The van der Waals surface area contributed by atoms with Crippen molar-refractivity contribution in [3.8, 4) is 5.75 Å². The number of hydrogen-bond acceptors (Lipinski definition) is 6. The van der Waals surface area contributed by atoms with Gasteiger partial charge in [0.25, 0.3) is 5.91 Å². The fraction of sp³-hybridized carbons (Fsp3) is 0.381. The second-order valence-corrected chi connectivity index (χ2v) is 6.97. The third-order valence-corrected chi connectivity index (χ3v) is 4.82. The van der Waals surface area contributed by atoms with Crippen molar-refractivity contribution in [2.75, 3.05) is 12.3 Å². The van der Waals surface area contributed by atoms with Gasteiger partial charge in [-0.2, -0.15) is 5.10 Å². The molecular formula is C21H26N4O4. The minimum absolute atomic E-state index is 0.130. The van der Waals surface area contributed by atoms with Crippen LogP contribution in [-0.2, 0) is 9.53 Å². The summed E-state index contributed by atoms with van der Waals surface area (Å²) in [6.07, 6.45) is 7.71. The Morgan fingerprint density at radius 1 is 1.34 bits per heavy atom. The Balaban J connectivity index is 1.82. The number of hydrogen-bond donors (Lipinski definition) is 3. The molecule has 1 aromatic carbocycles. The number of aromatic nitrogens is 2. The number of carbonyl (C=O) groups excluding carboxylic acids is 2. The highest BCUT2D eigenvalue weighted by atomic mass is 16.5. The molecule has 154 valence electrons. The molecule has 29 heavy (non-hydrogen) atoms. The summed E-state index contributed by atoms with van der Waals surface area (Å²) in [7, 11) is 0. The average Bonchev–Trinajstić information content (AvgIpc) is 3.17. The van der Waals surface area contributed by atoms with Crippen molar-refractivity contribution in [3.63, 3.8) is 0 Å². The predicted molar refractivity (Wildman–Crippen MR) is 108 cm³/mol. The minimum Gasteiger partial charge on any atom is -0.490 e. The van der Waals surface area contributed by atoms with Crippen molar-refractivity contribution >= 4 is 17.7 Å². The molecule has 0 spiro atoms. The van der Waals surface area contributed by atoms with E-state index in [1.54, 1.807) is 30.3 Å². The monoisotopic (exact) mass is 398 g/mol. The highest BCUT2D eigenvalue weighted by molar-refractivity contribution is 6.00. The Morgan fingerprint density at radius 3 is 2.83 bits per heavy atom. The molecule has 1 fully saturated rings. The number of carbonyl (C=O) groups is 2. The van der Waals surface area contributed by atoms with Gasteiger partial charge in [0, 0.05) is 0 Å². The third kappa shape index (κ3) is 5.37. The number of rotatable bonds is 8. The van der Waals surface area contributed by atoms with Gasteiger partial charge in [-0.3, -0.25) is 9.89 Å². The van der Waals surface area contributed by atoms with Crippen molar-refractivity contribution in [3.05, 3.63) is 54.2 Å². The summed E-state index contributed by atoms with van der Waals surface area (Å²) in [6, 6.07) is 5.98. The molecule has 0 radical (unpaired) electrons. The summed E-state index contributed by atoms with van der Waals surface area (Å²) >= 11 is 0. The molecule has 1 aliphatic rings. The van der Waals surface area contributed by atoms with E-state index >= 15 is 0 Å². The SMILES string of the molecule is C=CCOc1cccc(C(NC(=O)c2cn[nH]c2N)C(=O)OC2CCCCC2)c1. The summed E-state index contributed by atoms with van der Waals surface area (Å²) in [5.41, 5.74) is 6.46. The zero-order chi connectivity index (χ0) is 20.6. The van der Waals surface area contributed by atoms with Crippen molar-refractivity contribution in [2.45, 2.75) is 44.2 Å². The van der Waals surface area contributed by atoms with Crippen LogP contribution in [0.1, 0.15) is 54.1 Å². The van der Waals surface area contributed by atoms with Crippen LogP contribution in [0.5, 0.6) is 5.75 Å². The maximum Gasteiger partial charge on any atom is 0.333 e. The number of aromatic amines is 1. The van der Waals surface area contributed by atoms with Gasteiger partial charge in [-0.25, -0.2) is 4.79 Å². The number of nitrogens with two attached hydrogens (primary N) is 1. The molecule has 1 heterocycles. The summed E-state index contributed by atoms with van der Waals surface area (Å²) in [6.45, 7) is 3.96. The van der Waals surface area contributed by atoms with Crippen LogP contribution < -0.4 is 15.8 Å². The topological polar surface area (TPSA) is 119 Å². The lowest BCUT2D eigenvalue weighted by Gasteiger charge is -2.25. The fourth-order valence-electron chi connectivity index (χ4n) is 3.32. The number of H-pyrrole nitrogens is 1. The first-order chi connectivity index (χ1) is 14.1. The molecule has 1 atom stereocenters. The summed E-state index contributed by atoms with van der Waals surface area (Å²) in [5.74, 6) is -0.327. The Morgan fingerprint density at radius 2 is 2.14 bits per heavy atom. The Hall–Kier alpha value is -3.29. The van der Waals surface area contributed by atoms with Crippen LogP contribution >= 0.6 is 0 Å². The second-order valence-electron chi connectivity index (χ2n) is 6.97. The maximum absolute atomic E-state index is 13.0. The van der Waals surface area contributed by atoms with E-state index in [0.717, 1.165) is 32.1 Å².